The maximum Gasteiger partial charge on any atom is 0.119 e. The maximum atomic E-state index is 5.73. The van der Waals surface area contributed by atoms with Crippen molar-refractivity contribution >= 4 is 0 Å². The number of benzene rings is 1. The fourth-order valence-electron chi connectivity index (χ4n) is 2.71. The number of aryl methyl sites for hydroxylation is 1. The van der Waals surface area contributed by atoms with Crippen LogP contribution in [0.4, 0.5) is 0 Å². The summed E-state index contributed by atoms with van der Waals surface area (Å²) in [5.41, 5.74) is 3.11. The van der Waals surface area contributed by atoms with Gasteiger partial charge in [0.05, 0.1) is 6.61 Å². The minimum absolute atomic E-state index is 0.785. The van der Waals surface area contributed by atoms with E-state index in [0.717, 1.165) is 36.5 Å². The van der Waals surface area contributed by atoms with Gasteiger partial charge in [0.1, 0.15) is 11.4 Å². The van der Waals surface area contributed by atoms with Gasteiger partial charge in [0, 0.05) is 11.8 Å². The van der Waals surface area contributed by atoms with Gasteiger partial charge in [-0.1, -0.05) is 57.9 Å². The second kappa shape index (κ2) is 12.1. The Labute approximate surface area is 159 Å². The van der Waals surface area contributed by atoms with Gasteiger partial charge in [-0.3, -0.25) is 0 Å². The molecule has 0 saturated heterocycles. The van der Waals surface area contributed by atoms with Crippen LogP contribution in [0.15, 0.2) is 42.6 Å². The van der Waals surface area contributed by atoms with Crippen LogP contribution in [0, 0.1) is 11.8 Å². The summed E-state index contributed by atoms with van der Waals surface area (Å²) >= 11 is 0. The van der Waals surface area contributed by atoms with Crippen LogP contribution in [0.3, 0.4) is 0 Å². The van der Waals surface area contributed by atoms with Crippen LogP contribution in [0.1, 0.15) is 75.6 Å². The normalized spacial score (nSPS) is 10.2. The third kappa shape index (κ3) is 7.74. The Morgan fingerprint density at radius 3 is 2.27 bits per heavy atom. The van der Waals surface area contributed by atoms with Crippen molar-refractivity contribution in [2.75, 3.05) is 6.61 Å². The van der Waals surface area contributed by atoms with Gasteiger partial charge in [-0.15, -0.1) is 0 Å². The number of pyridine rings is 1. The minimum atomic E-state index is 0.785. The third-order valence-electron chi connectivity index (χ3n) is 4.35. The summed E-state index contributed by atoms with van der Waals surface area (Å²) in [6.07, 6.45) is 11.8. The van der Waals surface area contributed by atoms with Crippen LogP contribution < -0.4 is 4.74 Å². The average Bonchev–Trinajstić information content (AvgIpc) is 2.69. The smallest absolute Gasteiger partial charge is 0.119 e. The second-order valence-electron chi connectivity index (χ2n) is 6.69. The largest absolute Gasteiger partial charge is 0.494 e. The fourth-order valence-corrected chi connectivity index (χ4v) is 2.71. The first-order valence-corrected chi connectivity index (χ1v) is 10.0. The third-order valence-corrected chi connectivity index (χ3v) is 4.35. The van der Waals surface area contributed by atoms with Crippen LogP contribution in [0.5, 0.6) is 5.75 Å². The van der Waals surface area contributed by atoms with Crippen molar-refractivity contribution < 1.29 is 4.74 Å². The van der Waals surface area contributed by atoms with E-state index in [1.54, 1.807) is 0 Å². The Morgan fingerprint density at radius 1 is 0.808 bits per heavy atom. The van der Waals surface area contributed by atoms with Crippen molar-refractivity contribution in [3.8, 4) is 17.6 Å². The van der Waals surface area contributed by atoms with E-state index in [1.165, 1.54) is 44.1 Å². The summed E-state index contributed by atoms with van der Waals surface area (Å²) < 4.78 is 5.73. The average molecular weight is 350 g/mol. The highest BCUT2D eigenvalue weighted by molar-refractivity contribution is 5.42. The van der Waals surface area contributed by atoms with Crippen LogP contribution >= 0.6 is 0 Å². The van der Waals surface area contributed by atoms with Gasteiger partial charge in [0.25, 0.3) is 0 Å². The van der Waals surface area contributed by atoms with E-state index in [2.05, 4.69) is 36.7 Å². The predicted molar refractivity (Wildman–Crippen MR) is 110 cm³/mol. The van der Waals surface area contributed by atoms with Crippen LogP contribution in [-0.4, -0.2) is 11.6 Å². The summed E-state index contributed by atoms with van der Waals surface area (Å²) in [7, 11) is 0. The van der Waals surface area contributed by atoms with Gasteiger partial charge >= 0.3 is 0 Å². The molecule has 0 spiro atoms. The molecule has 1 aromatic carbocycles. The summed E-state index contributed by atoms with van der Waals surface area (Å²) in [4.78, 5) is 4.47. The summed E-state index contributed by atoms with van der Waals surface area (Å²) in [6, 6.07) is 12.2. The molecule has 2 rings (SSSR count). The highest BCUT2D eigenvalue weighted by atomic mass is 16.5. The molecule has 2 nitrogen and oxygen atoms in total. The van der Waals surface area contributed by atoms with E-state index in [4.69, 9.17) is 4.74 Å². The van der Waals surface area contributed by atoms with Crippen LogP contribution in [0.25, 0.3) is 0 Å². The molecule has 1 aromatic heterocycles. The highest BCUT2D eigenvalue weighted by Gasteiger charge is 1.96. The van der Waals surface area contributed by atoms with Crippen molar-refractivity contribution in [2.24, 2.45) is 0 Å². The van der Waals surface area contributed by atoms with E-state index < -0.39 is 0 Å². The molecule has 0 saturated carbocycles. The first-order valence-electron chi connectivity index (χ1n) is 10.0. The van der Waals surface area contributed by atoms with Crippen molar-refractivity contribution in [1.82, 2.24) is 4.98 Å². The Bertz CT molecular complexity index is 617. The number of nitrogens with zero attached hydrogens (tertiary/aromatic N) is 1. The molecule has 26 heavy (non-hydrogen) atoms. The molecule has 0 unspecified atom stereocenters. The maximum absolute atomic E-state index is 5.73. The summed E-state index contributed by atoms with van der Waals surface area (Å²) in [5.74, 6) is 7.23. The van der Waals surface area contributed by atoms with Crippen molar-refractivity contribution in [2.45, 2.75) is 65.2 Å². The SMILES string of the molecule is CCCCCCc1ccc(C#Cc2ccc(OCCCCC)cc2)nc1. The number of rotatable bonds is 10. The Morgan fingerprint density at radius 2 is 1.58 bits per heavy atom. The van der Waals surface area contributed by atoms with E-state index in [0.29, 0.717) is 0 Å². The van der Waals surface area contributed by atoms with Gasteiger partial charge in [-0.05, 0) is 61.1 Å². The van der Waals surface area contributed by atoms with E-state index in [9.17, 15) is 0 Å². The van der Waals surface area contributed by atoms with E-state index in [1.807, 2.05) is 36.5 Å². The number of unbranched alkanes of at least 4 members (excludes halogenated alkanes) is 5. The molecule has 2 aromatic rings. The molecule has 0 bridgehead atoms. The Balaban J connectivity index is 1.82. The molecule has 138 valence electrons. The van der Waals surface area contributed by atoms with Gasteiger partial charge in [-0.25, -0.2) is 4.98 Å². The minimum Gasteiger partial charge on any atom is -0.494 e. The molecule has 1 heterocycles. The zero-order valence-corrected chi connectivity index (χ0v) is 16.3. The Hall–Kier alpha value is -2.27. The van der Waals surface area contributed by atoms with E-state index >= 15 is 0 Å². The second-order valence-corrected chi connectivity index (χ2v) is 6.69. The number of ether oxygens (including phenoxy) is 1. The lowest BCUT2D eigenvalue weighted by Gasteiger charge is -2.05. The summed E-state index contributed by atoms with van der Waals surface area (Å²) in [6.45, 7) is 5.22. The lowest BCUT2D eigenvalue weighted by atomic mass is 10.1. The predicted octanol–water partition coefficient (Wildman–Crippen LogP) is 6.17. The monoisotopic (exact) mass is 349 g/mol. The van der Waals surface area contributed by atoms with Gasteiger partial charge in [0.15, 0.2) is 0 Å². The first kappa shape index (κ1) is 20.0. The first-order chi connectivity index (χ1) is 12.8. The number of hydrogen-bond acceptors (Lipinski definition) is 2. The van der Waals surface area contributed by atoms with Crippen molar-refractivity contribution in [1.29, 1.82) is 0 Å². The molecular formula is C24H31NO. The van der Waals surface area contributed by atoms with Gasteiger partial charge < -0.3 is 4.74 Å². The van der Waals surface area contributed by atoms with Crippen LogP contribution in [-0.2, 0) is 6.42 Å². The lowest BCUT2D eigenvalue weighted by molar-refractivity contribution is 0.306. The molecule has 0 N–H and O–H groups in total. The topological polar surface area (TPSA) is 22.1 Å². The standard InChI is InChI=1S/C24H31NO/c1-3-5-7-8-10-22-12-16-23(25-20-22)15-11-21-13-17-24(18-14-21)26-19-9-6-4-2/h12-14,16-18,20H,3-10,19H2,1-2H3. The van der Waals surface area contributed by atoms with Crippen LogP contribution in [0.2, 0.25) is 0 Å². The zero-order chi connectivity index (χ0) is 18.5. The molecule has 0 radical (unpaired) electrons. The Kier molecular flexibility index (Phi) is 9.36. The molecule has 0 aliphatic carbocycles. The molecule has 0 atom stereocenters. The van der Waals surface area contributed by atoms with E-state index in [-0.39, 0.29) is 0 Å². The molecule has 0 aliphatic heterocycles. The highest BCUT2D eigenvalue weighted by Crippen LogP contribution is 2.12. The zero-order valence-electron chi connectivity index (χ0n) is 16.3. The van der Waals surface area contributed by atoms with Gasteiger partial charge in [-0.2, -0.15) is 0 Å². The van der Waals surface area contributed by atoms with Crippen molar-refractivity contribution in [3.05, 3.63) is 59.4 Å². The molecule has 0 amide bonds. The molecule has 2 heteroatoms. The van der Waals surface area contributed by atoms with Crippen molar-refractivity contribution in [3.63, 3.8) is 0 Å². The molecule has 0 fully saturated rings. The quantitative estimate of drug-likeness (QED) is 0.378. The van der Waals surface area contributed by atoms with Gasteiger partial charge in [0.2, 0.25) is 0 Å². The lowest BCUT2D eigenvalue weighted by Crippen LogP contribution is -1.96. The number of hydrogen-bond donors (Lipinski definition) is 0. The number of aromatic nitrogens is 1. The molecule has 0 aliphatic rings. The fraction of sp³-hybridized carbons (Fsp3) is 0.458. The summed E-state index contributed by atoms with van der Waals surface area (Å²) in [5, 5.41) is 0. The molecular weight excluding hydrogens is 318 g/mol.